The van der Waals surface area contributed by atoms with Crippen LogP contribution in [-0.2, 0) is 11.3 Å². The first-order valence-electron chi connectivity index (χ1n) is 13.3. The second-order valence-corrected chi connectivity index (χ2v) is 10.1. The van der Waals surface area contributed by atoms with Crippen molar-refractivity contribution in [3.63, 3.8) is 0 Å². The number of fused-ring (bicyclic) bond motifs is 3. The Bertz CT molecular complexity index is 1640. The average Bonchev–Trinajstić information content (AvgIpc) is 3.76. The molecule has 40 heavy (non-hydrogen) atoms. The first kappa shape index (κ1) is 24.8. The number of hydrogen-bond donors (Lipinski definition) is 2. The summed E-state index contributed by atoms with van der Waals surface area (Å²) in [5.74, 6) is 0.982. The van der Waals surface area contributed by atoms with Crippen molar-refractivity contribution < 1.29 is 23.4 Å². The molecule has 0 unspecified atom stereocenters. The maximum absolute atomic E-state index is 14.9. The number of rotatable bonds is 7. The van der Waals surface area contributed by atoms with E-state index in [9.17, 15) is 9.50 Å². The topological polar surface area (TPSA) is 132 Å². The van der Waals surface area contributed by atoms with Gasteiger partial charge in [0.15, 0.2) is 11.4 Å². The zero-order chi connectivity index (χ0) is 27.2. The Hall–Kier alpha value is -4.20. The number of aliphatic hydroxyl groups is 1. The highest BCUT2D eigenvalue weighted by atomic mass is 19.1. The van der Waals surface area contributed by atoms with Gasteiger partial charge in [-0.15, -0.1) is 0 Å². The third kappa shape index (κ3) is 4.51. The number of benzene rings is 1. The van der Waals surface area contributed by atoms with Gasteiger partial charge in [0, 0.05) is 45.3 Å². The minimum Gasteiger partial charge on any atom is -0.485 e. The summed E-state index contributed by atoms with van der Waals surface area (Å²) in [4.78, 5) is 13.6. The van der Waals surface area contributed by atoms with Crippen molar-refractivity contribution >= 4 is 28.3 Å². The lowest BCUT2D eigenvalue weighted by Gasteiger charge is -2.36. The molecule has 0 aliphatic carbocycles. The third-order valence-corrected chi connectivity index (χ3v) is 7.55. The fourth-order valence-corrected chi connectivity index (χ4v) is 5.35. The standard InChI is InChI=1S/C27H29FN8O4/c28-18-12-17(40-24-15-38-14-22(24)37)3-4-20(18)34-8-5-33(6-9-34)7-10-35-16-30-25-21-13-19(23-2-1-11-39-23)32-36(21)27(29)31-26(25)35/h1-4,11-13,16,22,24,37H,5-10,14-15H2,(H2,29,31)/t22-,24-/m0/s1. The Morgan fingerprint density at radius 2 is 1.98 bits per heavy atom. The largest absolute Gasteiger partial charge is 0.485 e. The van der Waals surface area contributed by atoms with E-state index in [0.29, 0.717) is 54.8 Å². The minimum absolute atomic E-state index is 0.235. The number of piperazine rings is 1. The van der Waals surface area contributed by atoms with Crippen LogP contribution >= 0.6 is 0 Å². The van der Waals surface area contributed by atoms with Gasteiger partial charge in [-0.05, 0) is 30.3 Å². The maximum atomic E-state index is 14.9. The molecule has 2 fully saturated rings. The summed E-state index contributed by atoms with van der Waals surface area (Å²) < 4.78 is 34.9. The molecule has 4 aromatic heterocycles. The van der Waals surface area contributed by atoms with Crippen molar-refractivity contribution in [2.75, 3.05) is 56.6 Å². The van der Waals surface area contributed by atoms with Crippen molar-refractivity contribution in [1.29, 1.82) is 0 Å². The minimum atomic E-state index is -0.698. The Morgan fingerprint density at radius 3 is 2.73 bits per heavy atom. The second-order valence-electron chi connectivity index (χ2n) is 10.1. The number of halogens is 1. The molecule has 1 aromatic carbocycles. The molecule has 208 valence electrons. The fourth-order valence-electron chi connectivity index (χ4n) is 5.35. The average molecular weight is 549 g/mol. The van der Waals surface area contributed by atoms with Crippen molar-refractivity contribution in [2.45, 2.75) is 18.8 Å². The molecule has 0 radical (unpaired) electrons. The number of anilines is 2. The van der Waals surface area contributed by atoms with Gasteiger partial charge >= 0.3 is 0 Å². The lowest BCUT2D eigenvalue weighted by molar-refractivity contribution is 0.0731. The van der Waals surface area contributed by atoms with Crippen LogP contribution in [0.1, 0.15) is 0 Å². The van der Waals surface area contributed by atoms with Gasteiger partial charge < -0.3 is 34.2 Å². The predicted octanol–water partition coefficient (Wildman–Crippen LogP) is 2.02. The molecule has 2 atom stereocenters. The number of nitrogens with zero attached hydrogens (tertiary/aromatic N) is 7. The number of ether oxygens (including phenoxy) is 2. The summed E-state index contributed by atoms with van der Waals surface area (Å²) in [6.07, 6.45) is 2.21. The molecule has 3 N–H and O–H groups in total. The smallest absolute Gasteiger partial charge is 0.223 e. The van der Waals surface area contributed by atoms with E-state index >= 15 is 0 Å². The molecular weight excluding hydrogens is 519 g/mol. The van der Waals surface area contributed by atoms with E-state index < -0.39 is 12.2 Å². The van der Waals surface area contributed by atoms with Gasteiger partial charge in [-0.25, -0.2) is 9.37 Å². The van der Waals surface area contributed by atoms with Crippen molar-refractivity contribution in [1.82, 2.24) is 29.0 Å². The molecule has 0 saturated carbocycles. The van der Waals surface area contributed by atoms with Crippen LogP contribution in [0.5, 0.6) is 5.75 Å². The second kappa shape index (κ2) is 10.1. The normalized spacial score (nSPS) is 20.2. The van der Waals surface area contributed by atoms with Crippen LogP contribution in [0.15, 0.2) is 53.4 Å². The summed E-state index contributed by atoms with van der Waals surface area (Å²) >= 11 is 0. The molecule has 0 amide bonds. The van der Waals surface area contributed by atoms with E-state index in [1.807, 2.05) is 27.7 Å². The van der Waals surface area contributed by atoms with Crippen LogP contribution in [0.25, 0.3) is 28.1 Å². The van der Waals surface area contributed by atoms with Gasteiger partial charge in [0.2, 0.25) is 5.95 Å². The number of imidazole rings is 1. The molecule has 2 saturated heterocycles. The predicted molar refractivity (Wildman–Crippen MR) is 145 cm³/mol. The van der Waals surface area contributed by atoms with E-state index in [-0.39, 0.29) is 18.4 Å². The van der Waals surface area contributed by atoms with Gasteiger partial charge in [0.05, 0.1) is 31.5 Å². The van der Waals surface area contributed by atoms with Crippen LogP contribution in [0.3, 0.4) is 0 Å². The number of aliphatic hydroxyl groups excluding tert-OH is 1. The van der Waals surface area contributed by atoms with Gasteiger partial charge in [0.1, 0.15) is 40.5 Å². The van der Waals surface area contributed by atoms with Crippen molar-refractivity contribution in [2.24, 2.45) is 0 Å². The molecule has 6 heterocycles. The number of hydrogen-bond acceptors (Lipinski definition) is 10. The molecular formula is C27H29FN8O4. The van der Waals surface area contributed by atoms with Crippen molar-refractivity contribution in [3.8, 4) is 17.2 Å². The summed E-state index contributed by atoms with van der Waals surface area (Å²) in [5.41, 5.74) is 9.66. The van der Waals surface area contributed by atoms with E-state index in [1.54, 1.807) is 29.2 Å². The van der Waals surface area contributed by atoms with Crippen LogP contribution < -0.4 is 15.4 Å². The highest BCUT2D eigenvalue weighted by Crippen LogP contribution is 2.28. The van der Waals surface area contributed by atoms with E-state index in [2.05, 4.69) is 20.0 Å². The zero-order valence-corrected chi connectivity index (χ0v) is 21.7. The molecule has 2 aliphatic rings. The van der Waals surface area contributed by atoms with E-state index in [4.69, 9.17) is 19.6 Å². The SMILES string of the molecule is Nc1nc2c(ncn2CCN2CCN(c3ccc(O[C@H]4COC[C@@H]4O)cc3F)CC2)c2cc(-c3ccco3)nn12. The monoisotopic (exact) mass is 548 g/mol. The summed E-state index contributed by atoms with van der Waals surface area (Å²) in [6.45, 7) is 5.02. The van der Waals surface area contributed by atoms with Crippen LogP contribution in [0.2, 0.25) is 0 Å². The third-order valence-electron chi connectivity index (χ3n) is 7.55. The molecule has 0 bridgehead atoms. The van der Waals surface area contributed by atoms with Crippen molar-refractivity contribution in [3.05, 3.63) is 54.8 Å². The Kier molecular flexibility index (Phi) is 6.25. The van der Waals surface area contributed by atoms with E-state index in [0.717, 1.165) is 30.7 Å². The van der Waals surface area contributed by atoms with Gasteiger partial charge in [-0.2, -0.15) is 14.6 Å². The Labute approximate surface area is 228 Å². The zero-order valence-electron chi connectivity index (χ0n) is 21.7. The van der Waals surface area contributed by atoms with Crippen LogP contribution in [0, 0.1) is 5.82 Å². The van der Waals surface area contributed by atoms with Crippen LogP contribution in [0.4, 0.5) is 16.0 Å². The number of aromatic nitrogens is 5. The molecule has 12 nitrogen and oxygen atoms in total. The molecule has 7 rings (SSSR count). The van der Waals surface area contributed by atoms with E-state index in [1.165, 1.54) is 6.07 Å². The highest BCUT2D eigenvalue weighted by Gasteiger charge is 2.28. The molecule has 2 aliphatic heterocycles. The molecule has 0 spiro atoms. The maximum Gasteiger partial charge on any atom is 0.223 e. The molecule has 5 aromatic rings. The van der Waals surface area contributed by atoms with Gasteiger partial charge in [-0.1, -0.05) is 0 Å². The quantitative estimate of drug-likeness (QED) is 0.311. The first-order valence-corrected chi connectivity index (χ1v) is 13.3. The Balaban J connectivity index is 0.990. The highest BCUT2D eigenvalue weighted by molar-refractivity contribution is 5.90. The fraction of sp³-hybridized carbons (Fsp3) is 0.370. The first-order chi connectivity index (χ1) is 19.5. The number of nitrogens with two attached hydrogens (primary N) is 1. The number of furan rings is 1. The molecule has 13 heteroatoms. The number of nitrogen functional groups attached to an aromatic ring is 1. The summed E-state index contributed by atoms with van der Waals surface area (Å²) in [7, 11) is 0. The summed E-state index contributed by atoms with van der Waals surface area (Å²) in [5, 5.41) is 14.4. The summed E-state index contributed by atoms with van der Waals surface area (Å²) in [6, 6.07) is 10.4. The van der Waals surface area contributed by atoms with Crippen LogP contribution in [-0.4, -0.2) is 92.3 Å². The lowest BCUT2D eigenvalue weighted by Crippen LogP contribution is -2.47. The Morgan fingerprint density at radius 1 is 1.10 bits per heavy atom. The van der Waals surface area contributed by atoms with Gasteiger partial charge in [-0.3, -0.25) is 4.90 Å². The lowest BCUT2D eigenvalue weighted by atomic mass is 10.2. The van der Waals surface area contributed by atoms with Gasteiger partial charge in [0.25, 0.3) is 0 Å².